The molecule has 5 nitrogen and oxygen atoms in total. The Labute approximate surface area is 455 Å². The molecule has 3 heterocycles. The third-order valence-electron chi connectivity index (χ3n) is 14.8. The average molecular weight is 1150 g/mol. The summed E-state index contributed by atoms with van der Waals surface area (Å²) in [5, 5.41) is 2.25. The molecule has 74 heavy (non-hydrogen) atoms. The molecule has 1 aliphatic heterocycles. The van der Waals surface area contributed by atoms with E-state index in [-0.39, 0.29) is 48.1 Å². The van der Waals surface area contributed by atoms with Gasteiger partial charge in [-0.2, -0.15) is 6.07 Å². The smallest absolute Gasteiger partial charge is 0.135 e. The van der Waals surface area contributed by atoms with Crippen LogP contribution in [0.4, 0.5) is 11.4 Å². The van der Waals surface area contributed by atoms with Gasteiger partial charge in [0.1, 0.15) is 5.82 Å². The van der Waals surface area contributed by atoms with E-state index in [9.17, 15) is 0 Å². The van der Waals surface area contributed by atoms with Crippen LogP contribution in [-0.4, -0.2) is 9.55 Å². The second kappa shape index (κ2) is 19.5. The Hall–Kier alpha value is -6.68. The van der Waals surface area contributed by atoms with Crippen LogP contribution in [0.2, 0.25) is 0 Å². The Morgan fingerprint density at radius 2 is 1.01 bits per heavy atom. The zero-order valence-electron chi connectivity index (χ0n) is 45.3. The number of benzene rings is 7. The fourth-order valence-electron chi connectivity index (χ4n) is 10.6. The van der Waals surface area contributed by atoms with Crippen molar-refractivity contribution in [3.8, 4) is 28.4 Å². The van der Waals surface area contributed by atoms with Gasteiger partial charge in [-0.15, -0.1) is 53.6 Å². The van der Waals surface area contributed by atoms with Crippen LogP contribution >= 0.6 is 0 Å². The molecule has 6 heteroatoms. The van der Waals surface area contributed by atoms with Gasteiger partial charge in [0.2, 0.25) is 0 Å². The zero-order chi connectivity index (χ0) is 51.7. The van der Waals surface area contributed by atoms with Gasteiger partial charge in [0.15, 0.2) is 0 Å². The van der Waals surface area contributed by atoms with Crippen LogP contribution in [0.5, 0.6) is 11.5 Å². The van der Waals surface area contributed by atoms with Crippen molar-refractivity contribution in [1.29, 1.82) is 0 Å². The molecule has 0 fully saturated rings. The molecule has 1 aliphatic rings. The number of anilines is 2. The fraction of sp³-hybridized carbons (Fsp3) is 0.265. The number of ether oxygens (including phenoxy) is 1. The molecule has 0 radical (unpaired) electrons. The first-order valence-corrected chi connectivity index (χ1v) is 25.8. The molecule has 0 spiro atoms. The van der Waals surface area contributed by atoms with Gasteiger partial charge in [0, 0.05) is 83.0 Å². The first-order valence-electron chi connectivity index (χ1n) is 25.8. The monoisotopic (exact) mass is 1150 g/mol. The number of pyridine rings is 1. The van der Waals surface area contributed by atoms with Gasteiger partial charge in [-0.05, 0) is 74.5 Å². The predicted molar refractivity (Wildman–Crippen MR) is 306 cm³/mol. The van der Waals surface area contributed by atoms with Gasteiger partial charge in [0.25, 0.3) is 0 Å². The molecule has 2 aromatic heterocycles. The van der Waals surface area contributed by atoms with Gasteiger partial charge < -0.3 is 19.1 Å². The molecule has 0 saturated heterocycles. The van der Waals surface area contributed by atoms with Gasteiger partial charge >= 0.3 is 0 Å². The van der Waals surface area contributed by atoms with Crippen molar-refractivity contribution < 1.29 is 25.8 Å². The van der Waals surface area contributed by atoms with Crippen molar-refractivity contribution in [2.45, 2.75) is 106 Å². The summed E-state index contributed by atoms with van der Waals surface area (Å²) in [5.74, 6) is 2.02. The van der Waals surface area contributed by atoms with Crippen molar-refractivity contribution in [2.24, 2.45) is 10.8 Å². The fourth-order valence-corrected chi connectivity index (χ4v) is 10.6. The summed E-state index contributed by atoms with van der Waals surface area (Å²) < 4.78 is 9.21. The van der Waals surface area contributed by atoms with E-state index in [0.717, 1.165) is 50.1 Å². The summed E-state index contributed by atoms with van der Waals surface area (Å²) in [6, 6.07) is 68.6. The summed E-state index contributed by atoms with van der Waals surface area (Å²) in [7, 11) is 0. The molecule has 7 aromatic carbocycles. The Balaban J connectivity index is 0.00000672. The summed E-state index contributed by atoms with van der Waals surface area (Å²) in [6.45, 7) is 32.5. The Bertz CT molecular complexity index is 3430. The minimum absolute atomic E-state index is 0. The molecule has 380 valence electrons. The quantitative estimate of drug-likeness (QED) is 0.128. The van der Waals surface area contributed by atoms with Crippen LogP contribution in [-0.2, 0) is 37.3 Å². The average Bonchev–Trinajstić information content (AvgIpc) is 3.95. The minimum atomic E-state index is -0.290. The maximum atomic E-state index is 7.02. The summed E-state index contributed by atoms with van der Waals surface area (Å²) in [4.78, 5) is 9.66. The first kappa shape index (κ1) is 52.2. The maximum Gasteiger partial charge on any atom is 0.135 e. The van der Waals surface area contributed by atoms with Gasteiger partial charge in [-0.25, -0.2) is 4.98 Å². The molecule has 0 bridgehead atoms. The molecule has 10 rings (SSSR count). The molecule has 0 aliphatic carbocycles. The van der Waals surface area contributed by atoms with Crippen LogP contribution < -0.4 is 14.5 Å². The van der Waals surface area contributed by atoms with Gasteiger partial charge in [0.05, 0.1) is 0 Å². The van der Waals surface area contributed by atoms with Crippen molar-refractivity contribution in [3.05, 3.63) is 234 Å². The Morgan fingerprint density at radius 1 is 0.446 bits per heavy atom. The van der Waals surface area contributed by atoms with E-state index < -0.39 is 0 Å². The van der Waals surface area contributed by atoms with Crippen molar-refractivity contribution >= 4 is 33.2 Å². The van der Waals surface area contributed by atoms with Crippen LogP contribution in [0.3, 0.4) is 0 Å². The van der Waals surface area contributed by atoms with E-state index >= 15 is 0 Å². The van der Waals surface area contributed by atoms with E-state index in [1.165, 1.54) is 39.2 Å². The number of hydrogen-bond acceptors (Lipinski definition) is 4. The van der Waals surface area contributed by atoms with E-state index in [2.05, 4.69) is 275 Å². The zero-order valence-corrected chi connectivity index (χ0v) is 47.6. The molecule has 0 amide bonds. The number of rotatable bonds is 10. The second-order valence-corrected chi connectivity index (χ2v) is 24.0. The van der Waals surface area contributed by atoms with Crippen LogP contribution in [0, 0.1) is 29.6 Å². The Kier molecular flexibility index (Phi) is 13.8. The minimum Gasteiger partial charge on any atom is -0.509 e. The number of fused-ring (bicyclic) bond motifs is 3. The van der Waals surface area contributed by atoms with Crippen LogP contribution in [0.1, 0.15) is 118 Å². The van der Waals surface area contributed by atoms with Crippen molar-refractivity contribution in [1.82, 2.24) is 9.55 Å². The van der Waals surface area contributed by atoms with Gasteiger partial charge in [-0.3, -0.25) is 0 Å². The first-order chi connectivity index (χ1) is 34.6. The van der Waals surface area contributed by atoms with E-state index in [4.69, 9.17) is 9.72 Å². The second-order valence-electron chi connectivity index (χ2n) is 24.0. The molecule has 0 unspecified atom stereocenters. The van der Waals surface area contributed by atoms with E-state index in [0.29, 0.717) is 11.5 Å². The largest absolute Gasteiger partial charge is 0.509 e. The third-order valence-corrected chi connectivity index (χ3v) is 14.8. The van der Waals surface area contributed by atoms with Crippen molar-refractivity contribution in [2.75, 3.05) is 9.80 Å². The van der Waals surface area contributed by atoms with E-state index in [1.807, 2.05) is 24.4 Å². The number of aromatic nitrogens is 2. The number of hydrogen-bond donors (Lipinski definition) is 0. The van der Waals surface area contributed by atoms with Crippen molar-refractivity contribution in [3.63, 3.8) is 0 Å². The normalized spacial score (nSPS) is 13.7. The maximum absolute atomic E-state index is 7.02. The predicted octanol–water partition coefficient (Wildman–Crippen LogP) is 17.9. The molecule has 0 atom stereocenters. The van der Waals surface area contributed by atoms with Gasteiger partial charge in [-0.1, -0.05) is 211 Å². The number of allylic oxidation sites excluding steroid dienone is 2. The Morgan fingerprint density at radius 3 is 1.57 bits per heavy atom. The van der Waals surface area contributed by atoms with Crippen LogP contribution in [0.15, 0.2) is 187 Å². The standard InChI is InChI=1S/C68H69N4O.Pt/c1-64(2,3)50-32-35-59-58(42-50)57-34-33-55(44-60(57)72(59)61-31-23-24-36-69-61)73-56-38-47(46-25-17-14-18-26-46)37-53(43-56)70-45-71(63(66(7,8)9)62(70)65(4,5)6)54-40-51(67(10,11)48-27-19-15-20-28-48)39-52(41-54)68(12,13)49-29-21-16-22-30-49;/h14-42,45H,1-13H3;/q-3;. The molecule has 9 aromatic rings. The molecule has 0 saturated carbocycles. The SMILES string of the molecule is CC(C)(C)C1=C(C(C)(C)C)N(c2cc(C(C)(C)c3ccccc3)cc(C(C)(C)c3ccccc3)c2)[CH-]N1c1[c-]c(Oc2[c-]c3c(cc2)c2cc(C(C)(C)C)ccc2n3-c2ccccn2)cc(-c2ccccc2)c1.[Pt]. The molecular weight excluding hydrogens is 1080 g/mol. The molecular formula is C68H69N4OPt-3. The van der Waals surface area contributed by atoms with E-state index in [1.54, 1.807) is 0 Å². The summed E-state index contributed by atoms with van der Waals surface area (Å²) >= 11 is 0. The molecule has 0 N–H and O–H groups in total. The summed E-state index contributed by atoms with van der Waals surface area (Å²) in [5.41, 5.74) is 13.7. The third kappa shape index (κ3) is 9.89. The van der Waals surface area contributed by atoms with Crippen LogP contribution in [0.25, 0.3) is 38.8 Å². The number of nitrogens with zero attached hydrogens (tertiary/aromatic N) is 4. The summed E-state index contributed by atoms with van der Waals surface area (Å²) in [6.07, 6.45) is 1.84. The topological polar surface area (TPSA) is 33.5 Å².